The third-order valence-corrected chi connectivity index (χ3v) is 2.37. The number of rotatable bonds is 4. The SMILES string of the molecule is Cc1cc(=O)c(C(=O)NCC(=O)C(C)C)c[nH]1. The number of hydrogen-bond acceptors (Lipinski definition) is 3. The van der Waals surface area contributed by atoms with Gasteiger partial charge in [0.05, 0.1) is 6.54 Å². The highest BCUT2D eigenvalue weighted by Crippen LogP contribution is 1.95. The Morgan fingerprint density at radius 3 is 2.59 bits per heavy atom. The molecular formula is C12H16N2O3. The maximum atomic E-state index is 11.6. The van der Waals surface area contributed by atoms with Gasteiger partial charge in [-0.2, -0.15) is 0 Å². The van der Waals surface area contributed by atoms with Gasteiger partial charge >= 0.3 is 0 Å². The molecule has 1 aromatic heterocycles. The third-order valence-electron chi connectivity index (χ3n) is 2.37. The lowest BCUT2D eigenvalue weighted by atomic mass is 10.1. The number of pyridine rings is 1. The summed E-state index contributed by atoms with van der Waals surface area (Å²) in [5.41, 5.74) is 0.354. The van der Waals surface area contributed by atoms with Crippen LogP contribution in [0.2, 0.25) is 0 Å². The maximum absolute atomic E-state index is 11.6. The highest BCUT2D eigenvalue weighted by Gasteiger charge is 2.13. The molecule has 92 valence electrons. The van der Waals surface area contributed by atoms with Crippen LogP contribution in [0.3, 0.4) is 0 Å². The molecule has 0 fully saturated rings. The largest absolute Gasteiger partial charge is 0.364 e. The van der Waals surface area contributed by atoms with Crippen LogP contribution in [0, 0.1) is 12.8 Å². The molecule has 0 aliphatic rings. The van der Waals surface area contributed by atoms with Crippen molar-refractivity contribution in [3.05, 3.63) is 33.7 Å². The first kappa shape index (κ1) is 13.2. The van der Waals surface area contributed by atoms with Crippen LogP contribution >= 0.6 is 0 Å². The minimum absolute atomic E-state index is 0.0205. The molecule has 0 unspecified atom stereocenters. The fourth-order valence-electron chi connectivity index (χ4n) is 1.22. The lowest BCUT2D eigenvalue weighted by Crippen LogP contribution is -2.34. The van der Waals surface area contributed by atoms with Crippen LogP contribution in [0.1, 0.15) is 29.9 Å². The van der Waals surface area contributed by atoms with E-state index in [1.807, 2.05) is 0 Å². The third kappa shape index (κ3) is 3.55. The number of carbonyl (C=O) groups is 2. The highest BCUT2D eigenvalue weighted by atomic mass is 16.2. The molecule has 17 heavy (non-hydrogen) atoms. The van der Waals surface area contributed by atoms with Crippen LogP contribution in [0.15, 0.2) is 17.1 Å². The Kier molecular flexibility index (Phi) is 4.20. The van der Waals surface area contributed by atoms with E-state index in [0.717, 1.165) is 0 Å². The quantitative estimate of drug-likeness (QED) is 0.805. The normalized spacial score (nSPS) is 10.4. The van der Waals surface area contributed by atoms with Crippen molar-refractivity contribution >= 4 is 11.7 Å². The van der Waals surface area contributed by atoms with E-state index in [4.69, 9.17) is 0 Å². The van der Waals surface area contributed by atoms with E-state index in [-0.39, 0.29) is 29.2 Å². The van der Waals surface area contributed by atoms with Gasteiger partial charge in [-0.1, -0.05) is 13.8 Å². The zero-order valence-corrected chi connectivity index (χ0v) is 10.2. The maximum Gasteiger partial charge on any atom is 0.257 e. The van der Waals surface area contributed by atoms with Crippen LogP contribution in [0.5, 0.6) is 0 Å². The number of H-pyrrole nitrogens is 1. The summed E-state index contributed by atoms with van der Waals surface area (Å²) < 4.78 is 0. The van der Waals surface area contributed by atoms with E-state index in [1.54, 1.807) is 20.8 Å². The summed E-state index contributed by atoms with van der Waals surface area (Å²) in [6, 6.07) is 1.35. The fraction of sp³-hybridized carbons (Fsp3) is 0.417. The Hall–Kier alpha value is -1.91. The first-order valence-electron chi connectivity index (χ1n) is 5.42. The molecule has 1 aromatic rings. The van der Waals surface area contributed by atoms with Crippen LogP contribution in [-0.4, -0.2) is 23.2 Å². The number of Topliss-reactive ketones (excluding diaryl/α,β-unsaturated/α-hetero) is 1. The van der Waals surface area contributed by atoms with Crippen LogP contribution < -0.4 is 10.7 Å². The van der Waals surface area contributed by atoms with Gasteiger partial charge in [-0.15, -0.1) is 0 Å². The molecule has 1 rings (SSSR count). The number of aryl methyl sites for hydroxylation is 1. The Labute approximate surface area is 99.2 Å². The van der Waals surface area contributed by atoms with Gasteiger partial charge in [0.2, 0.25) is 0 Å². The predicted molar refractivity (Wildman–Crippen MR) is 64.0 cm³/mol. The average Bonchev–Trinajstić information content (AvgIpc) is 2.25. The van der Waals surface area contributed by atoms with Gasteiger partial charge in [0, 0.05) is 23.9 Å². The second-order valence-corrected chi connectivity index (χ2v) is 4.20. The molecule has 0 aromatic carbocycles. The summed E-state index contributed by atoms with van der Waals surface area (Å²) in [5.74, 6) is -0.728. The second kappa shape index (κ2) is 5.43. The van der Waals surface area contributed by atoms with Crippen molar-refractivity contribution in [2.24, 2.45) is 5.92 Å². The number of hydrogen-bond donors (Lipinski definition) is 2. The zero-order valence-electron chi connectivity index (χ0n) is 10.2. The molecule has 0 saturated heterocycles. The summed E-state index contributed by atoms with van der Waals surface area (Å²) >= 11 is 0. The molecule has 0 spiro atoms. The molecule has 0 radical (unpaired) electrons. The monoisotopic (exact) mass is 236 g/mol. The summed E-state index contributed by atoms with van der Waals surface area (Å²) in [6.07, 6.45) is 1.35. The number of aromatic amines is 1. The fourth-order valence-corrected chi connectivity index (χ4v) is 1.22. The van der Waals surface area contributed by atoms with E-state index in [2.05, 4.69) is 10.3 Å². The summed E-state index contributed by atoms with van der Waals surface area (Å²) in [4.78, 5) is 37.2. The van der Waals surface area contributed by atoms with Gasteiger partial charge < -0.3 is 10.3 Å². The molecule has 0 atom stereocenters. The van der Waals surface area contributed by atoms with Crippen LogP contribution in [0.4, 0.5) is 0 Å². The van der Waals surface area contributed by atoms with Crippen molar-refractivity contribution in [2.75, 3.05) is 6.54 Å². The van der Waals surface area contributed by atoms with E-state index in [1.165, 1.54) is 12.3 Å². The number of amides is 1. The molecule has 0 saturated carbocycles. The van der Waals surface area contributed by atoms with E-state index < -0.39 is 5.91 Å². The topological polar surface area (TPSA) is 79.0 Å². The van der Waals surface area contributed by atoms with Gasteiger partial charge in [-0.05, 0) is 6.92 Å². The number of aromatic nitrogens is 1. The second-order valence-electron chi connectivity index (χ2n) is 4.20. The van der Waals surface area contributed by atoms with Crippen molar-refractivity contribution in [2.45, 2.75) is 20.8 Å². The van der Waals surface area contributed by atoms with Gasteiger partial charge in [0.15, 0.2) is 11.2 Å². The van der Waals surface area contributed by atoms with Crippen molar-refractivity contribution in [3.63, 3.8) is 0 Å². The molecule has 0 aliphatic carbocycles. The Bertz CT molecular complexity index is 489. The molecule has 2 N–H and O–H groups in total. The summed E-state index contributed by atoms with van der Waals surface area (Å²) in [6.45, 7) is 5.19. The van der Waals surface area contributed by atoms with Crippen LogP contribution in [0.25, 0.3) is 0 Å². The van der Waals surface area contributed by atoms with Crippen LogP contribution in [-0.2, 0) is 4.79 Å². The minimum atomic E-state index is -0.528. The van der Waals surface area contributed by atoms with E-state index in [0.29, 0.717) is 5.69 Å². The molecule has 0 aliphatic heterocycles. The van der Waals surface area contributed by atoms with Crippen molar-refractivity contribution in [3.8, 4) is 0 Å². The van der Waals surface area contributed by atoms with E-state index in [9.17, 15) is 14.4 Å². The number of ketones is 1. The standard InChI is InChI=1S/C12H16N2O3/c1-7(2)11(16)6-14-12(17)9-5-13-8(3)4-10(9)15/h4-5,7H,6H2,1-3H3,(H,13,15)(H,14,17). The first-order valence-corrected chi connectivity index (χ1v) is 5.42. The number of carbonyl (C=O) groups excluding carboxylic acids is 2. The van der Waals surface area contributed by atoms with Gasteiger partial charge in [-0.25, -0.2) is 0 Å². The molecule has 5 nitrogen and oxygen atoms in total. The number of nitrogens with one attached hydrogen (secondary N) is 2. The first-order chi connectivity index (χ1) is 7.91. The molecule has 1 amide bonds. The molecule has 1 heterocycles. The van der Waals surface area contributed by atoms with Gasteiger partial charge in [0.1, 0.15) is 5.56 Å². The van der Waals surface area contributed by atoms with Crippen molar-refractivity contribution in [1.29, 1.82) is 0 Å². The Balaban J connectivity index is 2.71. The lowest BCUT2D eigenvalue weighted by molar-refractivity contribution is -0.120. The summed E-state index contributed by atoms with van der Waals surface area (Å²) in [7, 11) is 0. The summed E-state index contributed by atoms with van der Waals surface area (Å²) in [5, 5.41) is 2.43. The van der Waals surface area contributed by atoms with Crippen molar-refractivity contribution < 1.29 is 9.59 Å². The van der Waals surface area contributed by atoms with Crippen molar-refractivity contribution in [1.82, 2.24) is 10.3 Å². The minimum Gasteiger partial charge on any atom is -0.364 e. The Morgan fingerprint density at radius 2 is 2.06 bits per heavy atom. The Morgan fingerprint density at radius 1 is 1.41 bits per heavy atom. The molecular weight excluding hydrogens is 220 g/mol. The zero-order chi connectivity index (χ0) is 13.0. The van der Waals surface area contributed by atoms with Gasteiger partial charge in [-0.3, -0.25) is 14.4 Å². The predicted octanol–water partition coefficient (Wildman–Crippen LogP) is 0.638. The molecule has 5 heteroatoms. The highest BCUT2D eigenvalue weighted by molar-refractivity contribution is 5.96. The average molecular weight is 236 g/mol. The van der Waals surface area contributed by atoms with Gasteiger partial charge in [0.25, 0.3) is 5.91 Å². The van der Waals surface area contributed by atoms with E-state index >= 15 is 0 Å². The lowest BCUT2D eigenvalue weighted by Gasteiger charge is -2.06. The smallest absolute Gasteiger partial charge is 0.257 e. The molecule has 0 bridgehead atoms.